The third kappa shape index (κ3) is 1.76. The summed E-state index contributed by atoms with van der Waals surface area (Å²) >= 11 is 0. The number of rotatable bonds is 1. The molecule has 0 radical (unpaired) electrons. The minimum atomic E-state index is 0.491. The van der Waals surface area contributed by atoms with Crippen molar-refractivity contribution in [1.29, 1.82) is 0 Å². The number of aromatic nitrogens is 1. The third-order valence-corrected chi connectivity index (χ3v) is 3.34. The van der Waals surface area contributed by atoms with Crippen LogP contribution >= 0.6 is 0 Å². The first-order chi connectivity index (χ1) is 6.58. The highest BCUT2D eigenvalue weighted by molar-refractivity contribution is 5.40. The molecule has 1 aliphatic rings. The van der Waals surface area contributed by atoms with Crippen LogP contribution in [0.1, 0.15) is 51.2 Å². The van der Waals surface area contributed by atoms with Crippen molar-refractivity contribution in [1.82, 2.24) is 5.16 Å². The molecular formula is C11H18N2O. The molecule has 14 heavy (non-hydrogen) atoms. The van der Waals surface area contributed by atoms with Gasteiger partial charge in [-0.25, -0.2) is 0 Å². The van der Waals surface area contributed by atoms with E-state index in [4.69, 9.17) is 10.3 Å². The van der Waals surface area contributed by atoms with Crippen LogP contribution in [0.25, 0.3) is 0 Å². The van der Waals surface area contributed by atoms with Crippen LogP contribution in [0.2, 0.25) is 0 Å². The maximum atomic E-state index is 5.78. The lowest BCUT2D eigenvalue weighted by atomic mass is 9.72. The first-order valence-corrected chi connectivity index (χ1v) is 5.28. The molecule has 0 spiro atoms. The summed E-state index contributed by atoms with van der Waals surface area (Å²) in [6.07, 6.45) is 6.45. The van der Waals surface area contributed by atoms with E-state index in [1.165, 1.54) is 25.7 Å². The monoisotopic (exact) mass is 194 g/mol. The van der Waals surface area contributed by atoms with Crippen molar-refractivity contribution in [2.45, 2.75) is 45.4 Å². The van der Waals surface area contributed by atoms with E-state index < -0.39 is 0 Å². The molecule has 2 rings (SSSR count). The largest absolute Gasteiger partial charge is 0.395 e. The maximum absolute atomic E-state index is 5.78. The molecular weight excluding hydrogens is 176 g/mol. The third-order valence-electron chi connectivity index (χ3n) is 3.34. The second-order valence-electron chi connectivity index (χ2n) is 5.08. The SMILES string of the molecule is CC1(C)CCC(c2oncc2N)CC1. The van der Waals surface area contributed by atoms with E-state index >= 15 is 0 Å². The molecule has 0 atom stereocenters. The molecule has 1 aromatic rings. The normalized spacial score (nSPS) is 22.4. The molecule has 1 fully saturated rings. The Morgan fingerprint density at radius 1 is 1.43 bits per heavy atom. The summed E-state index contributed by atoms with van der Waals surface area (Å²) in [7, 11) is 0. The molecule has 3 nitrogen and oxygen atoms in total. The topological polar surface area (TPSA) is 52.0 Å². The zero-order valence-electron chi connectivity index (χ0n) is 8.92. The summed E-state index contributed by atoms with van der Waals surface area (Å²) in [6.45, 7) is 4.65. The van der Waals surface area contributed by atoms with Crippen LogP contribution in [-0.2, 0) is 0 Å². The molecule has 0 aliphatic heterocycles. The molecule has 3 heteroatoms. The van der Waals surface area contributed by atoms with E-state index in [-0.39, 0.29) is 0 Å². The molecule has 0 unspecified atom stereocenters. The molecule has 0 saturated heterocycles. The molecule has 1 saturated carbocycles. The summed E-state index contributed by atoms with van der Waals surface area (Å²) < 4.78 is 5.20. The van der Waals surface area contributed by atoms with Gasteiger partial charge < -0.3 is 10.3 Å². The smallest absolute Gasteiger partial charge is 0.162 e. The van der Waals surface area contributed by atoms with Gasteiger partial charge in [-0.15, -0.1) is 0 Å². The maximum Gasteiger partial charge on any atom is 0.162 e. The van der Waals surface area contributed by atoms with Gasteiger partial charge >= 0.3 is 0 Å². The quantitative estimate of drug-likeness (QED) is 0.747. The summed E-state index contributed by atoms with van der Waals surface area (Å²) in [5.74, 6) is 1.39. The van der Waals surface area contributed by atoms with Crippen LogP contribution in [-0.4, -0.2) is 5.16 Å². The standard InChI is InChI=1S/C11H18N2O/c1-11(2)5-3-8(4-6-11)10-9(12)7-13-14-10/h7-8H,3-6,12H2,1-2H3. The fourth-order valence-corrected chi connectivity index (χ4v) is 2.23. The van der Waals surface area contributed by atoms with Gasteiger partial charge in [-0.3, -0.25) is 0 Å². The second-order valence-corrected chi connectivity index (χ2v) is 5.08. The number of nitrogen functional groups attached to an aromatic ring is 1. The van der Waals surface area contributed by atoms with Crippen molar-refractivity contribution in [3.05, 3.63) is 12.0 Å². The van der Waals surface area contributed by atoms with Gasteiger partial charge in [0.2, 0.25) is 0 Å². The van der Waals surface area contributed by atoms with Crippen LogP contribution in [0.4, 0.5) is 5.69 Å². The van der Waals surface area contributed by atoms with Crippen LogP contribution < -0.4 is 5.73 Å². The van der Waals surface area contributed by atoms with Crippen molar-refractivity contribution < 1.29 is 4.52 Å². The predicted molar refractivity (Wildman–Crippen MR) is 55.9 cm³/mol. The fourth-order valence-electron chi connectivity index (χ4n) is 2.23. The molecule has 78 valence electrons. The number of nitrogens with two attached hydrogens (primary N) is 1. The van der Waals surface area contributed by atoms with Crippen LogP contribution in [0.3, 0.4) is 0 Å². The van der Waals surface area contributed by atoms with E-state index in [2.05, 4.69) is 19.0 Å². The highest BCUT2D eigenvalue weighted by Crippen LogP contribution is 2.43. The predicted octanol–water partition coefficient (Wildman–Crippen LogP) is 2.94. The van der Waals surface area contributed by atoms with Crippen LogP contribution in [0, 0.1) is 5.41 Å². The lowest BCUT2D eigenvalue weighted by molar-refractivity contribution is 0.206. The van der Waals surface area contributed by atoms with E-state index in [1.54, 1.807) is 6.20 Å². The molecule has 0 amide bonds. The zero-order valence-corrected chi connectivity index (χ0v) is 8.92. The summed E-state index contributed by atoms with van der Waals surface area (Å²) in [4.78, 5) is 0. The van der Waals surface area contributed by atoms with Gasteiger partial charge in [-0.2, -0.15) is 0 Å². The minimum Gasteiger partial charge on any atom is -0.395 e. The van der Waals surface area contributed by atoms with Crippen molar-refractivity contribution in [2.75, 3.05) is 5.73 Å². The average molecular weight is 194 g/mol. The van der Waals surface area contributed by atoms with Gasteiger partial charge in [0.1, 0.15) is 0 Å². The molecule has 1 aliphatic carbocycles. The van der Waals surface area contributed by atoms with Crippen LogP contribution in [0.5, 0.6) is 0 Å². The van der Waals surface area contributed by atoms with Gasteiger partial charge in [-0.05, 0) is 31.1 Å². The minimum absolute atomic E-state index is 0.491. The number of hydrogen-bond acceptors (Lipinski definition) is 3. The molecule has 0 bridgehead atoms. The Kier molecular flexibility index (Phi) is 2.25. The lowest BCUT2D eigenvalue weighted by Crippen LogP contribution is -2.20. The van der Waals surface area contributed by atoms with Gasteiger partial charge in [0.05, 0.1) is 11.9 Å². The Hall–Kier alpha value is -0.990. The Morgan fingerprint density at radius 3 is 2.57 bits per heavy atom. The molecule has 0 aromatic carbocycles. The van der Waals surface area contributed by atoms with E-state index in [0.29, 0.717) is 11.3 Å². The van der Waals surface area contributed by atoms with Gasteiger partial charge in [-0.1, -0.05) is 19.0 Å². The van der Waals surface area contributed by atoms with Crippen molar-refractivity contribution in [2.24, 2.45) is 5.41 Å². The van der Waals surface area contributed by atoms with Gasteiger partial charge in [0, 0.05) is 5.92 Å². The first kappa shape index (κ1) is 9.56. The second kappa shape index (κ2) is 3.30. The Balaban J connectivity index is 2.06. The number of nitrogens with zero attached hydrogens (tertiary/aromatic N) is 1. The highest BCUT2D eigenvalue weighted by atomic mass is 16.5. The summed E-state index contributed by atoms with van der Waals surface area (Å²) in [6, 6.07) is 0. The lowest BCUT2D eigenvalue weighted by Gasteiger charge is -2.33. The zero-order chi connectivity index (χ0) is 10.2. The number of anilines is 1. The highest BCUT2D eigenvalue weighted by Gasteiger charge is 2.30. The molecule has 1 aromatic heterocycles. The first-order valence-electron chi connectivity index (χ1n) is 5.28. The average Bonchev–Trinajstić information content (AvgIpc) is 2.52. The van der Waals surface area contributed by atoms with Crippen LogP contribution in [0.15, 0.2) is 10.7 Å². The van der Waals surface area contributed by atoms with Crippen molar-refractivity contribution in [3.63, 3.8) is 0 Å². The molecule has 2 N–H and O–H groups in total. The van der Waals surface area contributed by atoms with E-state index in [1.807, 2.05) is 0 Å². The Morgan fingerprint density at radius 2 is 2.07 bits per heavy atom. The summed E-state index contributed by atoms with van der Waals surface area (Å²) in [5, 5.41) is 3.73. The van der Waals surface area contributed by atoms with Crippen molar-refractivity contribution in [3.8, 4) is 0 Å². The van der Waals surface area contributed by atoms with Crippen molar-refractivity contribution >= 4 is 5.69 Å². The van der Waals surface area contributed by atoms with Gasteiger partial charge in [0.25, 0.3) is 0 Å². The Labute approximate surface area is 84.7 Å². The van der Waals surface area contributed by atoms with E-state index in [0.717, 1.165) is 11.4 Å². The fraction of sp³-hybridized carbons (Fsp3) is 0.727. The summed E-state index contributed by atoms with van der Waals surface area (Å²) in [5.41, 5.74) is 6.99. The number of hydrogen-bond donors (Lipinski definition) is 1. The van der Waals surface area contributed by atoms with Gasteiger partial charge in [0.15, 0.2) is 5.76 Å². The molecule has 1 heterocycles. The Bertz CT molecular complexity index is 307. The van der Waals surface area contributed by atoms with E-state index in [9.17, 15) is 0 Å².